The van der Waals surface area contributed by atoms with Gasteiger partial charge in [-0.15, -0.1) is 0 Å². The molecule has 1 aliphatic rings. The Bertz CT molecular complexity index is 684. The minimum absolute atomic E-state index is 0.115. The van der Waals surface area contributed by atoms with Gasteiger partial charge in [0.2, 0.25) is 5.95 Å². The lowest BCUT2D eigenvalue weighted by atomic mass is 10.2. The molecule has 1 saturated heterocycles. The van der Waals surface area contributed by atoms with Crippen molar-refractivity contribution in [2.75, 3.05) is 25.6 Å². The second kappa shape index (κ2) is 7.74. The van der Waals surface area contributed by atoms with Crippen LogP contribution < -0.4 is 15.4 Å². The molecular weight excluding hydrogens is 308 g/mol. The van der Waals surface area contributed by atoms with Crippen molar-refractivity contribution in [3.63, 3.8) is 0 Å². The summed E-state index contributed by atoms with van der Waals surface area (Å²) in [7, 11) is 1.61. The number of ether oxygens (including phenoxy) is 2. The minimum atomic E-state index is -0.196. The van der Waals surface area contributed by atoms with Gasteiger partial charge < -0.3 is 20.1 Å². The number of nitrogens with zero attached hydrogens (tertiary/aromatic N) is 2. The van der Waals surface area contributed by atoms with E-state index in [-0.39, 0.29) is 12.0 Å². The lowest BCUT2D eigenvalue weighted by Crippen LogP contribution is -2.31. The number of rotatable bonds is 6. The predicted molar refractivity (Wildman–Crippen MR) is 89.6 cm³/mol. The summed E-state index contributed by atoms with van der Waals surface area (Å²) in [6.45, 7) is 1.29. The number of methoxy groups -OCH3 is 1. The maximum absolute atomic E-state index is 12.1. The summed E-state index contributed by atoms with van der Waals surface area (Å²) >= 11 is 0. The third kappa shape index (κ3) is 4.20. The summed E-state index contributed by atoms with van der Waals surface area (Å²) in [5.74, 6) is 0.961. The standard InChI is InChI=1S/C17H20N4O3/c1-23-14-5-2-4-13(8-14)21-17-19-9-12(10-20-17)16(22)18-11-15-6-3-7-24-15/h2,4-5,8-10,15H,3,6-7,11H2,1H3,(H,18,22)(H,19,20,21). The van der Waals surface area contributed by atoms with Crippen molar-refractivity contribution in [1.29, 1.82) is 0 Å². The summed E-state index contributed by atoms with van der Waals surface area (Å²) in [6.07, 6.45) is 5.15. The van der Waals surface area contributed by atoms with Gasteiger partial charge in [0.05, 0.1) is 18.8 Å². The monoisotopic (exact) mass is 328 g/mol. The number of aromatic nitrogens is 2. The van der Waals surface area contributed by atoms with Crippen molar-refractivity contribution in [2.45, 2.75) is 18.9 Å². The van der Waals surface area contributed by atoms with Crippen LogP contribution in [0.1, 0.15) is 23.2 Å². The Labute approximate surface area is 140 Å². The van der Waals surface area contributed by atoms with Crippen molar-refractivity contribution in [3.05, 3.63) is 42.2 Å². The first-order valence-corrected chi connectivity index (χ1v) is 7.87. The molecule has 1 amide bonds. The van der Waals surface area contributed by atoms with Gasteiger partial charge in [0.25, 0.3) is 5.91 Å². The Morgan fingerprint density at radius 1 is 1.38 bits per heavy atom. The molecule has 1 aliphatic heterocycles. The topological polar surface area (TPSA) is 85.4 Å². The van der Waals surface area contributed by atoms with E-state index in [9.17, 15) is 4.79 Å². The first-order chi connectivity index (χ1) is 11.7. The van der Waals surface area contributed by atoms with Crippen LogP contribution in [0.2, 0.25) is 0 Å². The number of carbonyl (C=O) groups excluding carboxylic acids is 1. The normalized spacial score (nSPS) is 16.6. The molecule has 0 radical (unpaired) electrons. The van der Waals surface area contributed by atoms with Crippen LogP contribution in [0.15, 0.2) is 36.7 Å². The zero-order valence-corrected chi connectivity index (χ0v) is 13.5. The Morgan fingerprint density at radius 2 is 2.21 bits per heavy atom. The van der Waals surface area contributed by atoms with E-state index in [1.165, 1.54) is 12.4 Å². The van der Waals surface area contributed by atoms with Crippen LogP contribution in [-0.2, 0) is 4.74 Å². The van der Waals surface area contributed by atoms with Gasteiger partial charge in [-0.05, 0) is 25.0 Å². The fourth-order valence-corrected chi connectivity index (χ4v) is 2.45. The molecule has 0 aliphatic carbocycles. The molecule has 24 heavy (non-hydrogen) atoms. The van der Waals surface area contributed by atoms with Gasteiger partial charge in [0.15, 0.2) is 0 Å². The first-order valence-electron chi connectivity index (χ1n) is 7.87. The highest BCUT2D eigenvalue weighted by atomic mass is 16.5. The molecular formula is C17H20N4O3. The Hall–Kier alpha value is -2.67. The fraction of sp³-hybridized carbons (Fsp3) is 0.353. The number of amides is 1. The molecule has 7 nitrogen and oxygen atoms in total. The molecule has 126 valence electrons. The molecule has 1 aromatic carbocycles. The van der Waals surface area contributed by atoms with E-state index >= 15 is 0 Å². The van der Waals surface area contributed by atoms with Crippen LogP contribution in [0, 0.1) is 0 Å². The maximum atomic E-state index is 12.1. The number of anilines is 2. The van der Waals surface area contributed by atoms with E-state index in [0.29, 0.717) is 18.1 Å². The first kappa shape index (κ1) is 16.2. The zero-order valence-electron chi connectivity index (χ0n) is 13.5. The SMILES string of the molecule is COc1cccc(Nc2ncc(C(=O)NCC3CCCO3)cn2)c1. The van der Waals surface area contributed by atoms with Crippen molar-refractivity contribution in [3.8, 4) is 5.75 Å². The lowest BCUT2D eigenvalue weighted by Gasteiger charge is -2.11. The van der Waals surface area contributed by atoms with Gasteiger partial charge in [-0.3, -0.25) is 4.79 Å². The van der Waals surface area contributed by atoms with Gasteiger partial charge in [-0.2, -0.15) is 0 Å². The highest BCUT2D eigenvalue weighted by Gasteiger charge is 2.17. The van der Waals surface area contributed by atoms with Crippen LogP contribution in [0.4, 0.5) is 11.6 Å². The van der Waals surface area contributed by atoms with E-state index in [4.69, 9.17) is 9.47 Å². The third-order valence-electron chi connectivity index (χ3n) is 3.75. The molecule has 2 heterocycles. The molecule has 0 spiro atoms. The summed E-state index contributed by atoms with van der Waals surface area (Å²) in [5, 5.41) is 5.91. The molecule has 2 aromatic rings. The molecule has 0 saturated carbocycles. The summed E-state index contributed by atoms with van der Waals surface area (Å²) in [5.41, 5.74) is 1.23. The van der Waals surface area contributed by atoms with Gasteiger partial charge in [-0.25, -0.2) is 9.97 Å². The molecule has 3 rings (SSSR count). The van der Waals surface area contributed by atoms with E-state index in [0.717, 1.165) is 30.9 Å². The second-order valence-corrected chi connectivity index (χ2v) is 5.50. The minimum Gasteiger partial charge on any atom is -0.497 e. The summed E-state index contributed by atoms with van der Waals surface area (Å²) in [6, 6.07) is 7.45. The van der Waals surface area contributed by atoms with Crippen molar-refractivity contribution < 1.29 is 14.3 Å². The smallest absolute Gasteiger partial charge is 0.254 e. The van der Waals surface area contributed by atoms with E-state index in [1.54, 1.807) is 7.11 Å². The van der Waals surface area contributed by atoms with E-state index in [2.05, 4.69) is 20.6 Å². The lowest BCUT2D eigenvalue weighted by molar-refractivity contribution is 0.0857. The van der Waals surface area contributed by atoms with Crippen LogP contribution in [-0.4, -0.2) is 42.2 Å². The summed E-state index contributed by atoms with van der Waals surface area (Å²) in [4.78, 5) is 20.4. The van der Waals surface area contributed by atoms with Gasteiger partial charge in [0.1, 0.15) is 5.75 Å². The molecule has 1 unspecified atom stereocenters. The second-order valence-electron chi connectivity index (χ2n) is 5.50. The van der Waals surface area contributed by atoms with Crippen LogP contribution in [0.5, 0.6) is 5.75 Å². The highest BCUT2D eigenvalue weighted by Crippen LogP contribution is 2.19. The van der Waals surface area contributed by atoms with Crippen molar-refractivity contribution in [2.24, 2.45) is 0 Å². The van der Waals surface area contributed by atoms with E-state index in [1.807, 2.05) is 24.3 Å². The molecule has 7 heteroatoms. The number of hydrogen-bond donors (Lipinski definition) is 2. The number of carbonyl (C=O) groups is 1. The van der Waals surface area contributed by atoms with Crippen LogP contribution in [0.25, 0.3) is 0 Å². The van der Waals surface area contributed by atoms with Gasteiger partial charge in [0, 0.05) is 37.3 Å². The Kier molecular flexibility index (Phi) is 5.22. The average Bonchev–Trinajstić information content (AvgIpc) is 3.14. The molecule has 1 atom stereocenters. The molecule has 1 aromatic heterocycles. The molecule has 2 N–H and O–H groups in total. The molecule has 0 bridgehead atoms. The van der Waals surface area contributed by atoms with E-state index < -0.39 is 0 Å². The Balaban J connectivity index is 1.56. The molecule has 1 fully saturated rings. The van der Waals surface area contributed by atoms with Crippen molar-refractivity contribution in [1.82, 2.24) is 15.3 Å². The number of hydrogen-bond acceptors (Lipinski definition) is 6. The predicted octanol–water partition coefficient (Wildman–Crippen LogP) is 2.14. The largest absolute Gasteiger partial charge is 0.497 e. The van der Waals surface area contributed by atoms with Crippen molar-refractivity contribution >= 4 is 17.5 Å². The van der Waals surface area contributed by atoms with Crippen LogP contribution in [0.3, 0.4) is 0 Å². The number of nitrogens with one attached hydrogen (secondary N) is 2. The summed E-state index contributed by atoms with van der Waals surface area (Å²) < 4.78 is 10.6. The average molecular weight is 328 g/mol. The highest BCUT2D eigenvalue weighted by molar-refractivity contribution is 5.93. The quantitative estimate of drug-likeness (QED) is 0.845. The maximum Gasteiger partial charge on any atom is 0.254 e. The Morgan fingerprint density at radius 3 is 2.92 bits per heavy atom. The van der Waals surface area contributed by atoms with Crippen LogP contribution >= 0.6 is 0 Å². The third-order valence-corrected chi connectivity index (χ3v) is 3.75. The fourth-order valence-electron chi connectivity index (χ4n) is 2.45. The van der Waals surface area contributed by atoms with Gasteiger partial charge in [-0.1, -0.05) is 6.07 Å². The van der Waals surface area contributed by atoms with Gasteiger partial charge >= 0.3 is 0 Å². The zero-order chi connectivity index (χ0) is 16.8. The number of benzene rings is 1.